The number of aromatic nitrogens is 3. The molecule has 0 aromatic carbocycles. The number of anilines is 1. The first-order valence-corrected chi connectivity index (χ1v) is 10.2. The minimum Gasteiger partial charge on any atom is -0.480 e. The number of ether oxygens (including phenoxy) is 2. The molecule has 6 nitrogen and oxygen atoms in total. The van der Waals surface area contributed by atoms with Gasteiger partial charge >= 0.3 is 0 Å². The molecule has 152 valence electrons. The zero-order valence-corrected chi connectivity index (χ0v) is 19.2. The van der Waals surface area contributed by atoms with Gasteiger partial charge in [-0.25, -0.2) is 15.0 Å². The Morgan fingerprint density at radius 1 is 1.21 bits per heavy atom. The summed E-state index contributed by atoms with van der Waals surface area (Å²) in [6.07, 6.45) is 1.81. The summed E-state index contributed by atoms with van der Waals surface area (Å²) in [5.41, 5.74) is 2.14. The zero-order valence-electron chi connectivity index (χ0n) is 16.9. The largest absolute Gasteiger partial charge is 0.480 e. The lowest BCUT2D eigenvalue weighted by atomic mass is 10.1. The van der Waals surface area contributed by atoms with Crippen LogP contribution in [0.5, 0.6) is 5.88 Å². The second-order valence-electron chi connectivity index (χ2n) is 6.67. The van der Waals surface area contributed by atoms with Gasteiger partial charge in [-0.3, -0.25) is 0 Å². The summed E-state index contributed by atoms with van der Waals surface area (Å²) in [7, 11) is 3.25. The molecule has 2 aromatic heterocycles. The van der Waals surface area contributed by atoms with Crippen molar-refractivity contribution >= 4 is 33.3 Å². The average Bonchev–Trinajstić information content (AvgIpc) is 2.67. The van der Waals surface area contributed by atoms with Crippen LogP contribution in [-0.4, -0.2) is 48.4 Å². The number of hydrogen-bond donors (Lipinski definition) is 0. The van der Waals surface area contributed by atoms with E-state index in [2.05, 4.69) is 51.3 Å². The highest BCUT2D eigenvalue weighted by atomic mass is 79.9. The van der Waals surface area contributed by atoms with Crippen molar-refractivity contribution in [3.05, 3.63) is 40.2 Å². The van der Waals surface area contributed by atoms with E-state index in [9.17, 15) is 0 Å². The minimum absolute atomic E-state index is 0.0667. The topological polar surface area (TPSA) is 60.4 Å². The van der Waals surface area contributed by atoms with Gasteiger partial charge in [-0.15, -0.1) is 6.58 Å². The average molecular weight is 470 g/mol. The zero-order chi connectivity index (χ0) is 20.8. The maximum Gasteiger partial charge on any atom is 0.223 e. The summed E-state index contributed by atoms with van der Waals surface area (Å²) in [5, 5.41) is 0.272. The Hall–Kier alpha value is -1.70. The van der Waals surface area contributed by atoms with Crippen molar-refractivity contribution < 1.29 is 9.47 Å². The van der Waals surface area contributed by atoms with Crippen molar-refractivity contribution in [3.8, 4) is 17.1 Å². The lowest BCUT2D eigenvalue weighted by Gasteiger charge is -2.29. The highest BCUT2D eigenvalue weighted by molar-refractivity contribution is 9.10. The molecule has 8 heteroatoms. The van der Waals surface area contributed by atoms with Crippen LogP contribution in [0.3, 0.4) is 0 Å². The van der Waals surface area contributed by atoms with E-state index in [0.29, 0.717) is 40.7 Å². The van der Waals surface area contributed by atoms with Crippen molar-refractivity contribution in [2.24, 2.45) is 0 Å². The van der Waals surface area contributed by atoms with Crippen LogP contribution in [0.2, 0.25) is 5.15 Å². The number of rotatable bonds is 9. The summed E-state index contributed by atoms with van der Waals surface area (Å²) < 4.78 is 11.3. The number of halogens is 2. The van der Waals surface area contributed by atoms with Gasteiger partial charge in [0.05, 0.1) is 25.3 Å². The molecule has 0 N–H and O–H groups in total. The van der Waals surface area contributed by atoms with Crippen LogP contribution in [0, 0.1) is 0 Å². The fourth-order valence-electron chi connectivity index (χ4n) is 2.80. The summed E-state index contributed by atoms with van der Waals surface area (Å²) in [5.74, 6) is 1.38. The van der Waals surface area contributed by atoms with E-state index >= 15 is 0 Å². The maximum atomic E-state index is 6.53. The van der Waals surface area contributed by atoms with E-state index in [1.54, 1.807) is 20.3 Å². The monoisotopic (exact) mass is 468 g/mol. The molecule has 2 aromatic rings. The maximum absolute atomic E-state index is 6.53. The molecular formula is C20H26BrClN4O2. The Kier molecular flexibility index (Phi) is 8.22. The Morgan fingerprint density at radius 2 is 1.93 bits per heavy atom. The van der Waals surface area contributed by atoms with E-state index in [1.807, 2.05) is 24.0 Å². The van der Waals surface area contributed by atoms with Gasteiger partial charge in [0, 0.05) is 19.3 Å². The molecule has 0 saturated heterocycles. The second-order valence-corrected chi connectivity index (χ2v) is 7.78. The van der Waals surface area contributed by atoms with Crippen LogP contribution in [0.1, 0.15) is 32.4 Å². The van der Waals surface area contributed by atoms with Crippen molar-refractivity contribution in [2.75, 3.05) is 32.3 Å². The van der Waals surface area contributed by atoms with Crippen LogP contribution in [-0.2, 0) is 4.74 Å². The van der Waals surface area contributed by atoms with Crippen molar-refractivity contribution in [1.82, 2.24) is 15.0 Å². The molecular weight excluding hydrogens is 444 g/mol. The van der Waals surface area contributed by atoms with Crippen LogP contribution in [0.15, 0.2) is 29.4 Å². The predicted octanol–water partition coefficient (Wildman–Crippen LogP) is 5.11. The van der Waals surface area contributed by atoms with Gasteiger partial charge < -0.3 is 14.4 Å². The molecule has 0 bridgehead atoms. The normalized spacial score (nSPS) is 12.1. The summed E-state index contributed by atoms with van der Waals surface area (Å²) in [6.45, 7) is 11.1. The van der Waals surface area contributed by atoms with E-state index in [4.69, 9.17) is 21.1 Å². The third kappa shape index (κ3) is 5.01. The Bertz CT molecular complexity index is 832. The van der Waals surface area contributed by atoms with E-state index in [1.165, 1.54) is 0 Å². The van der Waals surface area contributed by atoms with Crippen molar-refractivity contribution in [3.63, 3.8) is 0 Å². The minimum atomic E-state index is 0.0667. The van der Waals surface area contributed by atoms with E-state index < -0.39 is 0 Å². The van der Waals surface area contributed by atoms with Gasteiger partial charge in [0.15, 0.2) is 11.0 Å². The van der Waals surface area contributed by atoms with Gasteiger partial charge in [-0.1, -0.05) is 31.5 Å². The van der Waals surface area contributed by atoms with E-state index in [0.717, 1.165) is 5.69 Å². The molecule has 2 heterocycles. The molecule has 1 atom stereocenters. The van der Waals surface area contributed by atoms with E-state index in [-0.39, 0.29) is 17.1 Å². The first-order chi connectivity index (χ1) is 13.3. The molecule has 0 unspecified atom stereocenters. The number of pyridine rings is 1. The van der Waals surface area contributed by atoms with Crippen molar-refractivity contribution in [2.45, 2.75) is 32.7 Å². The molecule has 0 saturated carbocycles. The molecule has 0 spiro atoms. The third-order valence-corrected chi connectivity index (χ3v) is 5.05. The predicted molar refractivity (Wildman–Crippen MR) is 117 cm³/mol. The summed E-state index contributed by atoms with van der Waals surface area (Å²) >= 11 is 10.1. The quantitative estimate of drug-likeness (QED) is 0.475. The number of nitrogens with zero attached hydrogens (tertiary/aromatic N) is 4. The number of methoxy groups -OCH3 is 2. The fraction of sp³-hybridized carbons (Fsp3) is 0.450. The standard InChI is InChI=1S/C20H26BrClN4O2/c1-7-10-26(13(4)11-27-5)19-17(21)24-16(18(22)25-19)14-8-9-15(12(2)3)23-20(14)28-6/h7-9,12-13H,1,10-11H2,2-6H3/t13-/m0/s1. The molecule has 2 rings (SSSR count). The van der Waals surface area contributed by atoms with Crippen LogP contribution in [0.4, 0.5) is 5.82 Å². The van der Waals surface area contributed by atoms with Crippen LogP contribution < -0.4 is 9.64 Å². The van der Waals surface area contributed by atoms with Crippen LogP contribution in [0.25, 0.3) is 11.3 Å². The highest BCUT2D eigenvalue weighted by Gasteiger charge is 2.23. The lowest BCUT2D eigenvalue weighted by Crippen LogP contribution is -2.37. The van der Waals surface area contributed by atoms with Gasteiger partial charge in [0.25, 0.3) is 0 Å². The fourth-order valence-corrected chi connectivity index (χ4v) is 3.52. The molecule has 0 fully saturated rings. The van der Waals surface area contributed by atoms with Gasteiger partial charge in [0.2, 0.25) is 5.88 Å². The molecule has 0 aliphatic carbocycles. The Morgan fingerprint density at radius 3 is 2.50 bits per heavy atom. The summed E-state index contributed by atoms with van der Waals surface area (Å²) in [6, 6.07) is 3.93. The first-order valence-electron chi connectivity index (χ1n) is 8.98. The second kappa shape index (κ2) is 10.2. The van der Waals surface area contributed by atoms with Crippen molar-refractivity contribution in [1.29, 1.82) is 0 Å². The Labute approximate surface area is 180 Å². The first kappa shape index (κ1) is 22.6. The smallest absolute Gasteiger partial charge is 0.223 e. The molecule has 0 aliphatic heterocycles. The lowest BCUT2D eigenvalue weighted by molar-refractivity contribution is 0.182. The molecule has 0 aliphatic rings. The summed E-state index contributed by atoms with van der Waals surface area (Å²) in [4.78, 5) is 15.9. The Balaban J connectivity index is 2.53. The number of hydrogen-bond acceptors (Lipinski definition) is 6. The SMILES string of the molecule is C=CCN(c1nc(Cl)c(-c2ccc(C(C)C)nc2OC)nc1Br)[C@@H](C)COC. The van der Waals surface area contributed by atoms with Gasteiger partial charge in [-0.2, -0.15) is 0 Å². The highest BCUT2D eigenvalue weighted by Crippen LogP contribution is 2.36. The van der Waals surface area contributed by atoms with Crippen LogP contribution >= 0.6 is 27.5 Å². The van der Waals surface area contributed by atoms with Gasteiger partial charge in [-0.05, 0) is 40.9 Å². The third-order valence-electron chi connectivity index (χ3n) is 4.25. The molecule has 0 radical (unpaired) electrons. The van der Waals surface area contributed by atoms with Gasteiger partial charge in [0.1, 0.15) is 10.3 Å². The molecule has 0 amide bonds. The molecule has 28 heavy (non-hydrogen) atoms.